The Balaban J connectivity index is 1.68. The number of phenols is 1. The van der Waals surface area contributed by atoms with Gasteiger partial charge >= 0.3 is 0 Å². The van der Waals surface area contributed by atoms with E-state index in [2.05, 4.69) is 0 Å². The van der Waals surface area contributed by atoms with Crippen LogP contribution in [0.3, 0.4) is 0 Å². The van der Waals surface area contributed by atoms with Gasteiger partial charge in [0.1, 0.15) is 5.58 Å². The maximum Gasteiger partial charge on any atom is 0.290 e. The van der Waals surface area contributed by atoms with Gasteiger partial charge in [-0.2, -0.15) is 0 Å². The van der Waals surface area contributed by atoms with Crippen molar-refractivity contribution < 1.29 is 19.1 Å². The minimum atomic E-state index is -0.646. The third kappa shape index (κ3) is 3.53. The van der Waals surface area contributed by atoms with Crippen molar-refractivity contribution in [2.24, 2.45) is 0 Å². The molecule has 3 aromatic carbocycles. The van der Waals surface area contributed by atoms with Gasteiger partial charge in [-0.3, -0.25) is 9.59 Å². The number of nitrogens with zero attached hydrogens (tertiary/aromatic N) is 1. The van der Waals surface area contributed by atoms with Gasteiger partial charge in [-0.1, -0.05) is 48.0 Å². The van der Waals surface area contributed by atoms with Crippen molar-refractivity contribution in [3.8, 4) is 11.5 Å². The Labute approximate surface area is 190 Å². The van der Waals surface area contributed by atoms with Crippen molar-refractivity contribution in [2.75, 3.05) is 13.7 Å². The fourth-order valence-corrected chi connectivity index (χ4v) is 4.47. The molecule has 4 aromatic rings. The molecule has 6 nitrogen and oxygen atoms in total. The van der Waals surface area contributed by atoms with Crippen LogP contribution in [0, 0.1) is 6.92 Å². The first-order chi connectivity index (χ1) is 16.0. The number of aryl methyl sites for hydroxylation is 1. The normalized spacial score (nSPS) is 15.2. The number of carbonyl (C=O) groups is 1. The number of aromatic hydroxyl groups is 1. The van der Waals surface area contributed by atoms with Crippen LogP contribution in [0.15, 0.2) is 75.9 Å². The number of hydrogen-bond acceptors (Lipinski definition) is 5. The summed E-state index contributed by atoms with van der Waals surface area (Å²) in [6, 6.07) is 19.5. The quantitative estimate of drug-likeness (QED) is 0.490. The van der Waals surface area contributed by atoms with E-state index in [-0.39, 0.29) is 28.6 Å². The molecule has 1 N–H and O–H groups in total. The van der Waals surface area contributed by atoms with Crippen molar-refractivity contribution in [1.82, 2.24) is 4.90 Å². The zero-order chi connectivity index (χ0) is 23.1. The van der Waals surface area contributed by atoms with Crippen molar-refractivity contribution in [1.29, 1.82) is 0 Å². The fraction of sp³-hybridized carbons (Fsp3) is 0.185. The van der Waals surface area contributed by atoms with Crippen molar-refractivity contribution >= 4 is 16.9 Å². The molecule has 0 saturated heterocycles. The molecule has 2 heterocycles. The highest BCUT2D eigenvalue weighted by atomic mass is 16.5. The lowest BCUT2D eigenvalue weighted by Crippen LogP contribution is -2.31. The minimum Gasteiger partial charge on any atom is -0.504 e. The molecule has 0 bridgehead atoms. The van der Waals surface area contributed by atoms with Crippen LogP contribution in [-0.2, 0) is 6.42 Å². The summed E-state index contributed by atoms with van der Waals surface area (Å²) in [5.41, 5.74) is 3.18. The number of fused-ring (bicyclic) bond motifs is 2. The highest BCUT2D eigenvalue weighted by Crippen LogP contribution is 2.40. The summed E-state index contributed by atoms with van der Waals surface area (Å²) < 4.78 is 11.3. The molecular formula is C27H23NO5. The summed E-state index contributed by atoms with van der Waals surface area (Å²) >= 11 is 0. The lowest BCUT2D eigenvalue weighted by atomic mass is 9.97. The van der Waals surface area contributed by atoms with Crippen LogP contribution >= 0.6 is 0 Å². The van der Waals surface area contributed by atoms with Crippen molar-refractivity contribution in [2.45, 2.75) is 19.4 Å². The summed E-state index contributed by atoms with van der Waals surface area (Å²) in [6.07, 6.45) is 0.624. The monoisotopic (exact) mass is 441 g/mol. The maximum atomic E-state index is 13.6. The molecule has 166 valence electrons. The molecule has 0 aliphatic carbocycles. The van der Waals surface area contributed by atoms with Crippen LogP contribution in [-0.4, -0.2) is 29.6 Å². The van der Waals surface area contributed by atoms with E-state index in [0.717, 1.165) is 11.1 Å². The minimum absolute atomic E-state index is 0.0113. The molecule has 5 rings (SSSR count). The molecule has 1 aromatic heterocycles. The van der Waals surface area contributed by atoms with E-state index in [1.54, 1.807) is 29.2 Å². The average molecular weight is 441 g/mol. The van der Waals surface area contributed by atoms with Crippen LogP contribution in [0.2, 0.25) is 0 Å². The van der Waals surface area contributed by atoms with Crippen LogP contribution in [0.5, 0.6) is 11.5 Å². The standard InChI is InChI=1S/C27H23NO5/c1-16-8-11-21-19(14-16)25(30)23-24(18-9-10-20(29)22(15-18)32-2)28(27(31)26(23)33-21)13-12-17-6-4-3-5-7-17/h3-11,14-15,24,29H,12-13H2,1-2H3. The maximum absolute atomic E-state index is 13.6. The molecule has 6 heteroatoms. The van der Waals surface area contributed by atoms with Gasteiger partial charge in [0, 0.05) is 6.54 Å². The van der Waals surface area contributed by atoms with Crippen LogP contribution in [0.1, 0.15) is 38.9 Å². The van der Waals surface area contributed by atoms with Crippen molar-refractivity contribution in [3.63, 3.8) is 0 Å². The summed E-state index contributed by atoms with van der Waals surface area (Å²) in [5, 5.41) is 10.5. The van der Waals surface area contributed by atoms with Crippen molar-refractivity contribution in [3.05, 3.63) is 105 Å². The zero-order valence-corrected chi connectivity index (χ0v) is 18.4. The van der Waals surface area contributed by atoms with Gasteiger partial charge in [0.15, 0.2) is 16.9 Å². The Morgan fingerprint density at radius 1 is 1.03 bits per heavy atom. The average Bonchev–Trinajstić information content (AvgIpc) is 3.11. The number of hydrogen-bond donors (Lipinski definition) is 1. The second kappa shape index (κ2) is 8.13. The number of rotatable bonds is 5. The van der Waals surface area contributed by atoms with Gasteiger partial charge in [-0.15, -0.1) is 0 Å². The third-order valence-corrected chi connectivity index (χ3v) is 6.12. The van der Waals surface area contributed by atoms with E-state index in [4.69, 9.17) is 9.15 Å². The largest absolute Gasteiger partial charge is 0.504 e. The van der Waals surface area contributed by atoms with E-state index in [0.29, 0.717) is 35.1 Å². The molecule has 1 amide bonds. The zero-order valence-electron chi connectivity index (χ0n) is 18.4. The molecule has 0 spiro atoms. The second-order valence-electron chi connectivity index (χ2n) is 8.24. The topological polar surface area (TPSA) is 80.0 Å². The number of carbonyl (C=O) groups excluding carboxylic acids is 1. The van der Waals surface area contributed by atoms with Crippen LogP contribution < -0.4 is 10.2 Å². The smallest absolute Gasteiger partial charge is 0.290 e. The first-order valence-corrected chi connectivity index (χ1v) is 10.8. The van der Waals surface area contributed by atoms with Gasteiger partial charge in [0.25, 0.3) is 5.91 Å². The Morgan fingerprint density at radius 2 is 1.82 bits per heavy atom. The molecular weight excluding hydrogens is 418 g/mol. The van der Waals surface area contributed by atoms with Gasteiger partial charge < -0.3 is 19.2 Å². The molecule has 0 fully saturated rings. The Bertz CT molecular complexity index is 1420. The predicted molar refractivity (Wildman–Crippen MR) is 125 cm³/mol. The molecule has 1 atom stereocenters. The molecule has 0 radical (unpaired) electrons. The van der Waals surface area contributed by atoms with Gasteiger partial charge in [-0.05, 0) is 48.7 Å². The lowest BCUT2D eigenvalue weighted by Gasteiger charge is -2.25. The van der Waals surface area contributed by atoms with E-state index < -0.39 is 6.04 Å². The van der Waals surface area contributed by atoms with Gasteiger partial charge in [0.05, 0.1) is 24.1 Å². The van der Waals surface area contributed by atoms with Crippen LogP contribution in [0.4, 0.5) is 0 Å². The predicted octanol–water partition coefficient (Wildman–Crippen LogP) is 4.60. The Hall–Kier alpha value is -4.06. The number of methoxy groups -OCH3 is 1. The number of amides is 1. The second-order valence-corrected chi connectivity index (χ2v) is 8.24. The van der Waals surface area contributed by atoms with Crippen LogP contribution in [0.25, 0.3) is 11.0 Å². The Morgan fingerprint density at radius 3 is 2.58 bits per heavy atom. The molecule has 33 heavy (non-hydrogen) atoms. The fourth-order valence-electron chi connectivity index (χ4n) is 4.47. The summed E-state index contributed by atoms with van der Waals surface area (Å²) in [4.78, 5) is 28.8. The number of ether oxygens (including phenoxy) is 1. The first kappa shape index (κ1) is 20.8. The summed E-state index contributed by atoms with van der Waals surface area (Å²) in [7, 11) is 1.46. The van der Waals surface area contributed by atoms with Gasteiger partial charge in [-0.25, -0.2) is 0 Å². The molecule has 1 aliphatic heterocycles. The highest BCUT2D eigenvalue weighted by Gasteiger charge is 2.42. The lowest BCUT2D eigenvalue weighted by molar-refractivity contribution is 0.0730. The van der Waals surface area contributed by atoms with E-state index in [1.165, 1.54) is 13.2 Å². The number of phenolic OH excluding ortho intramolecular Hbond substituents is 1. The summed E-state index contributed by atoms with van der Waals surface area (Å²) in [5.74, 6) is 0.0132. The highest BCUT2D eigenvalue weighted by molar-refractivity contribution is 5.99. The Kier molecular flexibility index (Phi) is 5.13. The molecule has 1 aliphatic rings. The van der Waals surface area contributed by atoms with E-state index in [1.807, 2.05) is 43.3 Å². The third-order valence-electron chi connectivity index (χ3n) is 6.12. The summed E-state index contributed by atoms with van der Waals surface area (Å²) in [6.45, 7) is 2.31. The SMILES string of the molecule is COc1cc(C2c3c(oc4ccc(C)cc4c3=O)C(=O)N2CCc2ccccc2)ccc1O. The molecule has 1 unspecified atom stereocenters. The van der Waals surface area contributed by atoms with Gasteiger partial charge in [0.2, 0.25) is 5.76 Å². The first-order valence-electron chi connectivity index (χ1n) is 10.8. The molecule has 0 saturated carbocycles. The van der Waals surface area contributed by atoms with E-state index in [9.17, 15) is 14.7 Å². The van der Waals surface area contributed by atoms with E-state index >= 15 is 0 Å². The number of benzene rings is 3.